The molecule has 1 aromatic carbocycles. The van der Waals surface area contributed by atoms with Crippen LogP contribution in [0.5, 0.6) is 0 Å². The molecule has 0 aliphatic heterocycles. The van der Waals surface area contributed by atoms with Gasteiger partial charge in [0.15, 0.2) is 0 Å². The van der Waals surface area contributed by atoms with E-state index in [1.54, 1.807) is 42.6 Å². The van der Waals surface area contributed by atoms with Crippen LogP contribution in [0.1, 0.15) is 24.2 Å². The molecule has 0 atom stereocenters. The second kappa shape index (κ2) is 7.98. The predicted octanol–water partition coefficient (Wildman–Crippen LogP) is 2.80. The molecule has 0 unspecified atom stereocenters. The van der Waals surface area contributed by atoms with E-state index in [4.69, 9.17) is 4.74 Å². The molecule has 0 N–H and O–H groups in total. The van der Waals surface area contributed by atoms with Gasteiger partial charge in [-0.2, -0.15) is 0 Å². The average molecular weight is 312 g/mol. The maximum atomic E-state index is 12.3. The first-order chi connectivity index (χ1) is 11.2. The first-order valence-corrected chi connectivity index (χ1v) is 7.56. The second-order valence-corrected chi connectivity index (χ2v) is 4.84. The van der Waals surface area contributed by atoms with Gasteiger partial charge in [-0.1, -0.05) is 24.3 Å². The molecule has 0 amide bonds. The van der Waals surface area contributed by atoms with E-state index < -0.39 is 5.97 Å². The minimum absolute atomic E-state index is 0.187. The van der Waals surface area contributed by atoms with Gasteiger partial charge in [0.1, 0.15) is 0 Å². The molecule has 1 aromatic heterocycles. The standard InChI is InChI=1S/C18H20N2O3/c1-3-19(4-2)17(14-20-13-9-8-12-16(20)21)23-18(22)15-10-6-5-7-11-15/h5-14H,3-4H2,1-2H3/b17-14+. The number of ether oxygens (including phenoxy) is 1. The van der Waals surface area contributed by atoms with Crippen LogP contribution in [0.4, 0.5) is 0 Å². The smallest absolute Gasteiger partial charge is 0.344 e. The van der Waals surface area contributed by atoms with E-state index in [0.29, 0.717) is 24.5 Å². The zero-order valence-electron chi connectivity index (χ0n) is 13.3. The molecule has 23 heavy (non-hydrogen) atoms. The highest BCUT2D eigenvalue weighted by Gasteiger charge is 2.14. The van der Waals surface area contributed by atoms with Crippen LogP contribution >= 0.6 is 0 Å². The van der Waals surface area contributed by atoms with Crippen LogP contribution in [0.2, 0.25) is 0 Å². The summed E-state index contributed by atoms with van der Waals surface area (Å²) in [6.07, 6.45) is 3.17. The fourth-order valence-corrected chi connectivity index (χ4v) is 2.10. The SMILES string of the molecule is CCN(CC)/C(=C\n1ccccc1=O)OC(=O)c1ccccc1. The Morgan fingerprint density at radius 2 is 1.74 bits per heavy atom. The summed E-state index contributed by atoms with van der Waals surface area (Å²) in [6, 6.07) is 13.6. The number of esters is 1. The Morgan fingerprint density at radius 1 is 1.09 bits per heavy atom. The average Bonchev–Trinajstić information content (AvgIpc) is 2.58. The highest BCUT2D eigenvalue weighted by Crippen LogP contribution is 2.11. The predicted molar refractivity (Wildman–Crippen MR) is 89.8 cm³/mol. The molecule has 0 saturated carbocycles. The second-order valence-electron chi connectivity index (χ2n) is 4.84. The Bertz CT molecular complexity index is 731. The molecule has 120 valence electrons. The molecule has 5 nitrogen and oxygen atoms in total. The molecule has 0 spiro atoms. The number of pyridine rings is 1. The van der Waals surface area contributed by atoms with Crippen molar-refractivity contribution in [3.8, 4) is 0 Å². The molecule has 1 heterocycles. The molecule has 0 aliphatic carbocycles. The van der Waals surface area contributed by atoms with Gasteiger partial charge in [0, 0.05) is 25.4 Å². The number of benzene rings is 1. The third kappa shape index (κ3) is 4.32. The number of aromatic nitrogens is 1. The summed E-state index contributed by atoms with van der Waals surface area (Å²) >= 11 is 0. The number of hydrogen-bond acceptors (Lipinski definition) is 4. The normalized spacial score (nSPS) is 11.1. The van der Waals surface area contributed by atoms with Crippen LogP contribution in [0.15, 0.2) is 65.4 Å². The van der Waals surface area contributed by atoms with Gasteiger partial charge in [0.05, 0.1) is 11.8 Å². The van der Waals surface area contributed by atoms with E-state index in [2.05, 4.69) is 0 Å². The maximum absolute atomic E-state index is 12.3. The van der Waals surface area contributed by atoms with Crippen molar-refractivity contribution in [2.75, 3.05) is 13.1 Å². The van der Waals surface area contributed by atoms with Crippen LogP contribution < -0.4 is 5.56 Å². The van der Waals surface area contributed by atoms with Crippen molar-refractivity contribution in [2.45, 2.75) is 13.8 Å². The molecule has 0 bridgehead atoms. The van der Waals surface area contributed by atoms with Crippen LogP contribution in [0.25, 0.3) is 6.20 Å². The zero-order chi connectivity index (χ0) is 16.7. The Kier molecular flexibility index (Phi) is 5.74. The lowest BCUT2D eigenvalue weighted by Gasteiger charge is -2.23. The molecule has 0 radical (unpaired) electrons. The summed E-state index contributed by atoms with van der Waals surface area (Å²) in [5.74, 6) is -0.107. The first kappa shape index (κ1) is 16.5. The molecule has 0 aliphatic rings. The van der Waals surface area contributed by atoms with Crippen molar-refractivity contribution >= 4 is 12.2 Å². The quantitative estimate of drug-likeness (QED) is 0.608. The van der Waals surface area contributed by atoms with E-state index in [9.17, 15) is 9.59 Å². The van der Waals surface area contributed by atoms with Gasteiger partial charge in [-0.15, -0.1) is 0 Å². The number of carbonyl (C=O) groups excluding carboxylic acids is 1. The van der Waals surface area contributed by atoms with Gasteiger partial charge >= 0.3 is 5.97 Å². The van der Waals surface area contributed by atoms with Gasteiger partial charge in [-0.3, -0.25) is 9.36 Å². The van der Waals surface area contributed by atoms with Gasteiger partial charge in [0.25, 0.3) is 5.56 Å². The Balaban J connectivity index is 2.33. The lowest BCUT2D eigenvalue weighted by Crippen LogP contribution is -2.27. The van der Waals surface area contributed by atoms with Crippen LogP contribution in [-0.4, -0.2) is 28.5 Å². The van der Waals surface area contributed by atoms with Gasteiger partial charge in [-0.05, 0) is 32.0 Å². The van der Waals surface area contributed by atoms with Crippen LogP contribution in [-0.2, 0) is 4.74 Å². The van der Waals surface area contributed by atoms with E-state index in [-0.39, 0.29) is 5.56 Å². The van der Waals surface area contributed by atoms with E-state index in [1.165, 1.54) is 16.8 Å². The Labute approximate surface area is 135 Å². The third-order valence-electron chi connectivity index (χ3n) is 3.38. The van der Waals surface area contributed by atoms with Crippen molar-refractivity contribution < 1.29 is 9.53 Å². The van der Waals surface area contributed by atoms with E-state index >= 15 is 0 Å². The van der Waals surface area contributed by atoms with E-state index in [0.717, 1.165) is 0 Å². The first-order valence-electron chi connectivity index (χ1n) is 7.56. The number of nitrogens with zero attached hydrogens (tertiary/aromatic N) is 2. The molecule has 0 fully saturated rings. The van der Waals surface area contributed by atoms with Gasteiger partial charge < -0.3 is 9.64 Å². The molecule has 2 aromatic rings. The van der Waals surface area contributed by atoms with Crippen molar-refractivity contribution in [3.63, 3.8) is 0 Å². The van der Waals surface area contributed by atoms with E-state index in [1.807, 2.05) is 24.8 Å². The Hall–Kier alpha value is -2.82. The van der Waals surface area contributed by atoms with Crippen molar-refractivity contribution in [2.24, 2.45) is 0 Å². The summed E-state index contributed by atoms with van der Waals surface area (Å²) in [5.41, 5.74) is 0.277. The largest absolute Gasteiger partial charge is 0.404 e. The number of hydrogen-bond donors (Lipinski definition) is 0. The zero-order valence-corrected chi connectivity index (χ0v) is 13.3. The summed E-state index contributed by atoms with van der Waals surface area (Å²) in [4.78, 5) is 26.0. The van der Waals surface area contributed by atoms with Crippen molar-refractivity contribution in [3.05, 3.63) is 76.5 Å². The number of rotatable bonds is 6. The molecule has 2 rings (SSSR count). The monoisotopic (exact) mass is 312 g/mol. The highest BCUT2D eigenvalue weighted by molar-refractivity contribution is 5.90. The molecular weight excluding hydrogens is 292 g/mol. The topological polar surface area (TPSA) is 51.5 Å². The van der Waals surface area contributed by atoms with Crippen LogP contribution in [0.3, 0.4) is 0 Å². The minimum Gasteiger partial charge on any atom is -0.404 e. The van der Waals surface area contributed by atoms with Crippen molar-refractivity contribution in [1.82, 2.24) is 9.47 Å². The fraction of sp³-hybridized carbons (Fsp3) is 0.222. The fourth-order valence-electron chi connectivity index (χ4n) is 2.10. The highest BCUT2D eigenvalue weighted by atomic mass is 16.6. The lowest BCUT2D eigenvalue weighted by atomic mass is 10.2. The molecule has 5 heteroatoms. The summed E-state index contributed by atoms with van der Waals surface area (Å²) in [5, 5.41) is 0. The Morgan fingerprint density at radius 3 is 2.35 bits per heavy atom. The van der Waals surface area contributed by atoms with Gasteiger partial charge in [-0.25, -0.2) is 4.79 Å². The minimum atomic E-state index is -0.451. The third-order valence-corrected chi connectivity index (χ3v) is 3.38. The van der Waals surface area contributed by atoms with Gasteiger partial charge in [0.2, 0.25) is 5.88 Å². The van der Waals surface area contributed by atoms with Crippen LogP contribution in [0, 0.1) is 0 Å². The van der Waals surface area contributed by atoms with Crippen molar-refractivity contribution in [1.29, 1.82) is 0 Å². The lowest BCUT2D eigenvalue weighted by molar-refractivity contribution is 0.0512. The number of carbonyl (C=O) groups is 1. The molecule has 0 saturated heterocycles. The summed E-state index contributed by atoms with van der Waals surface area (Å²) < 4.78 is 6.92. The summed E-state index contributed by atoms with van der Waals surface area (Å²) in [7, 11) is 0. The summed E-state index contributed by atoms with van der Waals surface area (Å²) in [6.45, 7) is 5.24. The molecular formula is C18H20N2O3. The maximum Gasteiger partial charge on any atom is 0.344 e.